The lowest BCUT2D eigenvalue weighted by atomic mass is 10.0. The summed E-state index contributed by atoms with van der Waals surface area (Å²) in [6.07, 6.45) is 1.53. The van der Waals surface area contributed by atoms with Gasteiger partial charge in [0.25, 0.3) is 0 Å². The number of benzene rings is 1. The van der Waals surface area contributed by atoms with Gasteiger partial charge in [0.15, 0.2) is 5.82 Å². The lowest BCUT2D eigenvalue weighted by Crippen LogP contribution is -2.32. The molecule has 2 aromatic rings. The molecular formula is C14H18ClN3OS. The van der Waals surface area contributed by atoms with Crippen molar-refractivity contribution in [2.45, 2.75) is 42.9 Å². The van der Waals surface area contributed by atoms with Crippen LogP contribution in [-0.4, -0.2) is 15.7 Å². The van der Waals surface area contributed by atoms with Crippen LogP contribution in [0, 0.1) is 0 Å². The van der Waals surface area contributed by atoms with E-state index in [1.54, 1.807) is 11.8 Å². The molecule has 0 fully saturated rings. The van der Waals surface area contributed by atoms with Crippen LogP contribution >= 0.6 is 23.4 Å². The van der Waals surface area contributed by atoms with Gasteiger partial charge in [0, 0.05) is 21.9 Å². The number of nitrogens with zero attached hydrogens (tertiary/aromatic N) is 2. The first-order chi connectivity index (χ1) is 9.42. The molecular weight excluding hydrogens is 294 g/mol. The topological polar surface area (TPSA) is 64.9 Å². The zero-order valence-electron chi connectivity index (χ0n) is 11.6. The third-order valence-corrected chi connectivity index (χ3v) is 3.93. The van der Waals surface area contributed by atoms with E-state index in [0.29, 0.717) is 23.9 Å². The number of aryl methyl sites for hydroxylation is 1. The van der Waals surface area contributed by atoms with Gasteiger partial charge >= 0.3 is 0 Å². The second kappa shape index (κ2) is 6.61. The Kier molecular flexibility index (Phi) is 5.07. The number of rotatable bonds is 6. The van der Waals surface area contributed by atoms with E-state index in [0.717, 1.165) is 16.3 Å². The average molecular weight is 312 g/mol. The van der Waals surface area contributed by atoms with Crippen LogP contribution in [0.4, 0.5) is 0 Å². The number of halogens is 1. The molecule has 0 aliphatic heterocycles. The highest BCUT2D eigenvalue weighted by atomic mass is 35.5. The zero-order chi connectivity index (χ0) is 14.6. The second-order valence-electron chi connectivity index (χ2n) is 5.34. The third kappa shape index (κ3) is 5.15. The molecule has 0 atom stereocenters. The van der Waals surface area contributed by atoms with E-state index in [1.165, 1.54) is 0 Å². The van der Waals surface area contributed by atoms with E-state index in [2.05, 4.69) is 10.1 Å². The van der Waals surface area contributed by atoms with Crippen LogP contribution < -0.4 is 5.73 Å². The quantitative estimate of drug-likeness (QED) is 0.824. The highest BCUT2D eigenvalue weighted by molar-refractivity contribution is 7.98. The first-order valence-electron chi connectivity index (χ1n) is 6.41. The summed E-state index contributed by atoms with van der Waals surface area (Å²) in [4.78, 5) is 5.49. The molecule has 0 saturated carbocycles. The van der Waals surface area contributed by atoms with Crippen LogP contribution in [0.2, 0.25) is 5.02 Å². The summed E-state index contributed by atoms with van der Waals surface area (Å²) < 4.78 is 5.22. The smallest absolute Gasteiger partial charge is 0.226 e. The van der Waals surface area contributed by atoms with Gasteiger partial charge in [0.2, 0.25) is 5.89 Å². The molecule has 108 valence electrons. The van der Waals surface area contributed by atoms with E-state index in [9.17, 15) is 0 Å². The molecule has 4 nitrogen and oxygen atoms in total. The van der Waals surface area contributed by atoms with E-state index in [4.69, 9.17) is 21.9 Å². The van der Waals surface area contributed by atoms with Gasteiger partial charge in [-0.15, -0.1) is 11.8 Å². The average Bonchev–Trinajstić information content (AvgIpc) is 2.83. The fourth-order valence-electron chi connectivity index (χ4n) is 1.56. The molecule has 6 heteroatoms. The van der Waals surface area contributed by atoms with Crippen LogP contribution in [0.1, 0.15) is 32.0 Å². The lowest BCUT2D eigenvalue weighted by Gasteiger charge is -2.16. The number of aromatic nitrogens is 2. The molecule has 0 aliphatic rings. The van der Waals surface area contributed by atoms with Gasteiger partial charge in [-0.2, -0.15) is 4.98 Å². The SMILES string of the molecule is CC(C)(N)CCc1nc(CSc2ccc(Cl)cc2)no1. The third-order valence-electron chi connectivity index (χ3n) is 2.67. The van der Waals surface area contributed by atoms with Crippen molar-refractivity contribution in [1.82, 2.24) is 10.1 Å². The molecule has 0 aliphatic carbocycles. The van der Waals surface area contributed by atoms with Crippen molar-refractivity contribution in [1.29, 1.82) is 0 Å². The van der Waals surface area contributed by atoms with Crippen molar-refractivity contribution in [3.8, 4) is 0 Å². The second-order valence-corrected chi connectivity index (χ2v) is 6.82. The van der Waals surface area contributed by atoms with Gasteiger partial charge in [0.1, 0.15) is 0 Å². The lowest BCUT2D eigenvalue weighted by molar-refractivity contribution is 0.355. The molecule has 0 unspecified atom stereocenters. The Balaban J connectivity index is 1.85. The predicted molar refractivity (Wildman–Crippen MR) is 81.9 cm³/mol. The maximum absolute atomic E-state index is 5.93. The van der Waals surface area contributed by atoms with E-state index < -0.39 is 0 Å². The Hall–Kier alpha value is -1.04. The fraction of sp³-hybridized carbons (Fsp3) is 0.429. The van der Waals surface area contributed by atoms with Crippen molar-refractivity contribution >= 4 is 23.4 Å². The van der Waals surface area contributed by atoms with Crippen molar-refractivity contribution in [3.63, 3.8) is 0 Å². The molecule has 1 aromatic heterocycles. The first kappa shape index (κ1) is 15.4. The van der Waals surface area contributed by atoms with Crippen molar-refractivity contribution in [3.05, 3.63) is 41.0 Å². The van der Waals surface area contributed by atoms with Gasteiger partial charge in [-0.25, -0.2) is 0 Å². The van der Waals surface area contributed by atoms with Gasteiger partial charge in [-0.05, 0) is 44.5 Å². The number of nitrogens with two attached hydrogens (primary N) is 1. The maximum atomic E-state index is 5.93. The predicted octanol–water partition coefficient (Wildman–Crippen LogP) is 3.69. The molecule has 2 N–H and O–H groups in total. The Morgan fingerprint density at radius 1 is 1.30 bits per heavy atom. The highest BCUT2D eigenvalue weighted by Gasteiger charge is 2.14. The summed E-state index contributed by atoms with van der Waals surface area (Å²) in [5.41, 5.74) is 5.72. The van der Waals surface area contributed by atoms with Gasteiger partial charge in [-0.1, -0.05) is 16.8 Å². The number of thioether (sulfide) groups is 1. The molecule has 0 radical (unpaired) electrons. The monoisotopic (exact) mass is 311 g/mol. The minimum atomic E-state index is -0.216. The summed E-state index contributed by atoms with van der Waals surface area (Å²) in [5, 5.41) is 4.71. The zero-order valence-corrected chi connectivity index (χ0v) is 13.2. The maximum Gasteiger partial charge on any atom is 0.226 e. The number of hydrogen-bond donors (Lipinski definition) is 1. The molecule has 0 bridgehead atoms. The van der Waals surface area contributed by atoms with Crippen LogP contribution in [0.5, 0.6) is 0 Å². The molecule has 0 amide bonds. The Labute approximate surface area is 128 Å². The highest BCUT2D eigenvalue weighted by Crippen LogP contribution is 2.23. The van der Waals surface area contributed by atoms with E-state index >= 15 is 0 Å². The van der Waals surface area contributed by atoms with E-state index in [-0.39, 0.29) is 5.54 Å². The summed E-state index contributed by atoms with van der Waals surface area (Å²) >= 11 is 7.50. The number of hydrogen-bond acceptors (Lipinski definition) is 5. The molecule has 1 aromatic carbocycles. The molecule has 2 rings (SSSR count). The molecule has 1 heterocycles. The van der Waals surface area contributed by atoms with Crippen molar-refractivity contribution in [2.24, 2.45) is 5.73 Å². The fourth-order valence-corrected chi connectivity index (χ4v) is 2.43. The van der Waals surface area contributed by atoms with Gasteiger partial charge < -0.3 is 10.3 Å². The van der Waals surface area contributed by atoms with Crippen LogP contribution in [0.25, 0.3) is 0 Å². The van der Waals surface area contributed by atoms with Gasteiger partial charge in [0.05, 0.1) is 5.75 Å². The van der Waals surface area contributed by atoms with Crippen LogP contribution in [0.3, 0.4) is 0 Å². The van der Waals surface area contributed by atoms with Crippen molar-refractivity contribution in [2.75, 3.05) is 0 Å². The van der Waals surface area contributed by atoms with Crippen LogP contribution in [0.15, 0.2) is 33.7 Å². The Morgan fingerprint density at radius 3 is 2.65 bits per heavy atom. The summed E-state index contributed by atoms with van der Waals surface area (Å²) in [7, 11) is 0. The molecule has 20 heavy (non-hydrogen) atoms. The van der Waals surface area contributed by atoms with Crippen molar-refractivity contribution < 1.29 is 4.52 Å². The standard InChI is InChI=1S/C14H18ClN3OS/c1-14(2,16)8-7-13-17-12(18-19-13)9-20-11-5-3-10(15)4-6-11/h3-6H,7-9,16H2,1-2H3. The summed E-state index contributed by atoms with van der Waals surface area (Å²) in [5.74, 6) is 2.03. The minimum Gasteiger partial charge on any atom is -0.339 e. The Bertz CT molecular complexity index is 548. The van der Waals surface area contributed by atoms with E-state index in [1.807, 2.05) is 38.1 Å². The van der Waals surface area contributed by atoms with Crippen LogP contribution in [-0.2, 0) is 12.2 Å². The normalized spacial score (nSPS) is 11.8. The largest absolute Gasteiger partial charge is 0.339 e. The molecule has 0 spiro atoms. The van der Waals surface area contributed by atoms with Gasteiger partial charge in [-0.3, -0.25) is 0 Å². The summed E-state index contributed by atoms with van der Waals surface area (Å²) in [6, 6.07) is 7.69. The Morgan fingerprint density at radius 2 is 2.00 bits per heavy atom. The summed E-state index contributed by atoms with van der Waals surface area (Å²) in [6.45, 7) is 3.97. The first-order valence-corrected chi connectivity index (χ1v) is 7.77. The minimum absolute atomic E-state index is 0.216. The molecule has 0 saturated heterocycles.